The number of rotatable bonds is 3. The first-order valence-electron chi connectivity index (χ1n) is 4.08. The molecule has 1 amide bonds. The Morgan fingerprint density at radius 2 is 2.00 bits per heavy atom. The van der Waals surface area contributed by atoms with Crippen LogP contribution in [0.15, 0.2) is 24.3 Å². The summed E-state index contributed by atoms with van der Waals surface area (Å²) in [4.78, 5) is 22.3. The lowest BCUT2D eigenvalue weighted by Crippen LogP contribution is -2.26. The van der Waals surface area contributed by atoms with E-state index in [1.165, 1.54) is 24.1 Å². The number of amides is 1. The molecule has 0 N–H and O–H groups in total. The molecule has 4 heteroatoms. The van der Waals surface area contributed by atoms with Crippen molar-refractivity contribution in [3.8, 4) is 0 Å². The Labute approximate surface area is 81.1 Å². The summed E-state index contributed by atoms with van der Waals surface area (Å²) in [5.74, 6) is -0.910. The van der Waals surface area contributed by atoms with Crippen molar-refractivity contribution < 1.29 is 14.0 Å². The van der Waals surface area contributed by atoms with Crippen LogP contribution in [0.3, 0.4) is 0 Å². The number of halogens is 1. The van der Waals surface area contributed by atoms with Crippen molar-refractivity contribution in [3.63, 3.8) is 0 Å². The Morgan fingerprint density at radius 1 is 1.43 bits per heavy atom. The molecule has 0 fully saturated rings. The van der Waals surface area contributed by atoms with Crippen LogP contribution in [0.4, 0.5) is 4.39 Å². The normalized spacial score (nSPS) is 9.57. The third kappa shape index (κ3) is 2.65. The zero-order valence-electron chi connectivity index (χ0n) is 7.74. The molecule has 0 aliphatic heterocycles. The Hall–Kier alpha value is -1.71. The fourth-order valence-corrected chi connectivity index (χ4v) is 1.03. The molecule has 0 aliphatic carbocycles. The van der Waals surface area contributed by atoms with E-state index in [1.807, 2.05) is 0 Å². The number of hydrogen-bond donors (Lipinski definition) is 0. The maximum absolute atomic E-state index is 12.5. The summed E-state index contributed by atoms with van der Waals surface area (Å²) in [7, 11) is 1.51. The molecule has 14 heavy (non-hydrogen) atoms. The van der Waals surface area contributed by atoms with Gasteiger partial charge in [-0.2, -0.15) is 0 Å². The minimum atomic E-state index is -0.589. The second-order valence-corrected chi connectivity index (χ2v) is 2.94. The SMILES string of the molecule is CN(Cc1ccc(F)cc1)C(=O)C=O. The molecule has 0 aromatic heterocycles. The van der Waals surface area contributed by atoms with Gasteiger partial charge in [0.15, 0.2) is 0 Å². The van der Waals surface area contributed by atoms with E-state index < -0.39 is 5.91 Å². The Morgan fingerprint density at radius 3 is 2.50 bits per heavy atom. The molecule has 0 saturated carbocycles. The average molecular weight is 195 g/mol. The lowest BCUT2D eigenvalue weighted by atomic mass is 10.2. The quantitative estimate of drug-likeness (QED) is 0.532. The van der Waals surface area contributed by atoms with Gasteiger partial charge < -0.3 is 4.90 Å². The van der Waals surface area contributed by atoms with Crippen molar-refractivity contribution in [2.45, 2.75) is 6.54 Å². The van der Waals surface area contributed by atoms with Gasteiger partial charge in [0, 0.05) is 13.6 Å². The maximum Gasteiger partial charge on any atom is 0.286 e. The molecule has 0 spiro atoms. The number of benzene rings is 1. The van der Waals surface area contributed by atoms with Crippen LogP contribution in [0.25, 0.3) is 0 Å². The molecule has 0 aliphatic rings. The number of nitrogens with zero attached hydrogens (tertiary/aromatic N) is 1. The summed E-state index contributed by atoms with van der Waals surface area (Å²) >= 11 is 0. The monoisotopic (exact) mass is 195 g/mol. The highest BCUT2D eigenvalue weighted by atomic mass is 19.1. The Kier molecular flexibility index (Phi) is 3.34. The van der Waals surface area contributed by atoms with Crippen molar-refractivity contribution in [1.82, 2.24) is 4.90 Å². The van der Waals surface area contributed by atoms with Crippen LogP contribution >= 0.6 is 0 Å². The minimum absolute atomic E-state index is 0.253. The number of aldehydes is 1. The van der Waals surface area contributed by atoms with Crippen LogP contribution in [0.1, 0.15) is 5.56 Å². The van der Waals surface area contributed by atoms with Gasteiger partial charge in [-0.3, -0.25) is 9.59 Å². The van der Waals surface area contributed by atoms with Crippen LogP contribution < -0.4 is 0 Å². The zero-order valence-corrected chi connectivity index (χ0v) is 7.74. The first-order valence-corrected chi connectivity index (χ1v) is 4.08. The predicted molar refractivity (Wildman–Crippen MR) is 48.9 cm³/mol. The Balaban J connectivity index is 2.64. The van der Waals surface area contributed by atoms with Crippen LogP contribution in [-0.4, -0.2) is 24.1 Å². The maximum atomic E-state index is 12.5. The molecule has 1 aromatic carbocycles. The number of hydrogen-bond acceptors (Lipinski definition) is 2. The highest BCUT2D eigenvalue weighted by Crippen LogP contribution is 2.05. The Bertz CT molecular complexity index is 334. The van der Waals surface area contributed by atoms with E-state index >= 15 is 0 Å². The van der Waals surface area contributed by atoms with E-state index in [-0.39, 0.29) is 12.1 Å². The summed E-state index contributed by atoms with van der Waals surface area (Å²) in [5, 5.41) is 0. The van der Waals surface area contributed by atoms with E-state index in [0.717, 1.165) is 5.56 Å². The van der Waals surface area contributed by atoms with E-state index in [4.69, 9.17) is 0 Å². The lowest BCUT2D eigenvalue weighted by Gasteiger charge is -2.13. The molecule has 0 unspecified atom stereocenters. The fourth-order valence-electron chi connectivity index (χ4n) is 1.03. The van der Waals surface area contributed by atoms with Crippen molar-refractivity contribution in [1.29, 1.82) is 0 Å². The number of likely N-dealkylation sites (N-methyl/N-ethyl adjacent to an activating group) is 1. The average Bonchev–Trinajstić information content (AvgIpc) is 2.20. The van der Waals surface area contributed by atoms with Gasteiger partial charge in [0.05, 0.1) is 0 Å². The van der Waals surface area contributed by atoms with Gasteiger partial charge >= 0.3 is 0 Å². The van der Waals surface area contributed by atoms with E-state index in [9.17, 15) is 14.0 Å². The molecule has 0 atom stereocenters. The number of carbonyl (C=O) groups excluding carboxylic acids is 2. The molecule has 1 rings (SSSR count). The topological polar surface area (TPSA) is 37.4 Å². The molecule has 0 bridgehead atoms. The standard InChI is InChI=1S/C10H10FNO2/c1-12(10(14)7-13)6-8-2-4-9(11)5-3-8/h2-5,7H,6H2,1H3. The molecule has 0 heterocycles. The largest absolute Gasteiger partial charge is 0.335 e. The lowest BCUT2D eigenvalue weighted by molar-refractivity contribution is -0.138. The molecule has 74 valence electrons. The zero-order chi connectivity index (χ0) is 10.6. The van der Waals surface area contributed by atoms with E-state index in [2.05, 4.69) is 0 Å². The number of carbonyl (C=O) groups is 2. The van der Waals surface area contributed by atoms with Crippen molar-refractivity contribution in [3.05, 3.63) is 35.6 Å². The van der Waals surface area contributed by atoms with Crippen LogP contribution in [-0.2, 0) is 16.1 Å². The molecule has 3 nitrogen and oxygen atoms in total. The fraction of sp³-hybridized carbons (Fsp3) is 0.200. The molecule has 1 aromatic rings. The summed E-state index contributed by atoms with van der Waals surface area (Å²) < 4.78 is 12.5. The van der Waals surface area contributed by atoms with Gasteiger partial charge in [0.1, 0.15) is 5.82 Å². The molecular formula is C10H10FNO2. The van der Waals surface area contributed by atoms with Crippen molar-refractivity contribution >= 4 is 12.2 Å². The first-order chi connectivity index (χ1) is 6.63. The summed E-state index contributed by atoms with van der Waals surface area (Å²) in [6, 6.07) is 5.77. The molecule has 0 radical (unpaired) electrons. The summed E-state index contributed by atoms with van der Waals surface area (Å²) in [6.07, 6.45) is 0.253. The van der Waals surface area contributed by atoms with Crippen LogP contribution in [0.2, 0.25) is 0 Å². The smallest absolute Gasteiger partial charge is 0.286 e. The van der Waals surface area contributed by atoms with Crippen LogP contribution in [0, 0.1) is 5.82 Å². The van der Waals surface area contributed by atoms with Gasteiger partial charge in [0.2, 0.25) is 6.29 Å². The van der Waals surface area contributed by atoms with Crippen molar-refractivity contribution in [2.24, 2.45) is 0 Å². The minimum Gasteiger partial charge on any atom is -0.335 e. The second kappa shape index (κ2) is 4.50. The van der Waals surface area contributed by atoms with Crippen LogP contribution in [0.5, 0.6) is 0 Å². The van der Waals surface area contributed by atoms with Gasteiger partial charge in [-0.15, -0.1) is 0 Å². The summed E-state index contributed by atoms with van der Waals surface area (Å²) in [6.45, 7) is 0.303. The van der Waals surface area contributed by atoms with E-state index in [0.29, 0.717) is 6.54 Å². The van der Waals surface area contributed by atoms with E-state index in [1.54, 1.807) is 12.1 Å². The first kappa shape index (κ1) is 10.4. The highest BCUT2D eigenvalue weighted by molar-refractivity contribution is 6.23. The third-order valence-electron chi connectivity index (χ3n) is 1.81. The van der Waals surface area contributed by atoms with Gasteiger partial charge in [-0.25, -0.2) is 4.39 Å². The molecule has 0 saturated heterocycles. The van der Waals surface area contributed by atoms with Gasteiger partial charge in [-0.05, 0) is 17.7 Å². The highest BCUT2D eigenvalue weighted by Gasteiger charge is 2.06. The molecular weight excluding hydrogens is 185 g/mol. The second-order valence-electron chi connectivity index (χ2n) is 2.94. The third-order valence-corrected chi connectivity index (χ3v) is 1.81. The van der Waals surface area contributed by atoms with Crippen molar-refractivity contribution in [2.75, 3.05) is 7.05 Å². The van der Waals surface area contributed by atoms with Gasteiger partial charge in [-0.1, -0.05) is 12.1 Å². The van der Waals surface area contributed by atoms with Gasteiger partial charge in [0.25, 0.3) is 5.91 Å². The predicted octanol–water partition coefficient (Wildman–Crippen LogP) is 0.983. The summed E-state index contributed by atoms with van der Waals surface area (Å²) in [5.41, 5.74) is 0.782.